The number of para-hydroxylation sites is 1. The van der Waals surface area contributed by atoms with Crippen LogP contribution in [0.5, 0.6) is 5.75 Å². The molecule has 0 spiro atoms. The average Bonchev–Trinajstić information content (AvgIpc) is 2.46. The van der Waals surface area contributed by atoms with E-state index in [-0.39, 0.29) is 6.23 Å². The maximum atomic E-state index is 6.09. The van der Waals surface area contributed by atoms with E-state index in [1.165, 1.54) is 5.56 Å². The second-order valence-corrected chi connectivity index (χ2v) is 5.28. The molecule has 3 nitrogen and oxygen atoms in total. The van der Waals surface area contributed by atoms with Gasteiger partial charge in [0, 0.05) is 17.5 Å². The number of nitrogens with zero attached hydrogens (tertiary/aromatic N) is 1. The van der Waals surface area contributed by atoms with Crippen molar-refractivity contribution in [3.63, 3.8) is 0 Å². The Bertz CT molecular complexity index is 485. The van der Waals surface area contributed by atoms with Crippen LogP contribution >= 0.6 is 0 Å². The summed E-state index contributed by atoms with van der Waals surface area (Å²) in [5.41, 5.74) is 1.18. The Morgan fingerprint density at radius 1 is 1.11 bits per heavy atom. The Hall–Kier alpha value is -1.32. The summed E-state index contributed by atoms with van der Waals surface area (Å²) >= 11 is 0. The molecule has 0 radical (unpaired) electrons. The van der Waals surface area contributed by atoms with Crippen LogP contribution in [0.3, 0.4) is 0 Å². The van der Waals surface area contributed by atoms with Gasteiger partial charge in [0.15, 0.2) is 0 Å². The topological polar surface area (TPSA) is 21.7 Å². The van der Waals surface area contributed by atoms with Crippen molar-refractivity contribution >= 4 is 0 Å². The molecule has 3 aliphatic rings. The van der Waals surface area contributed by atoms with Crippen molar-refractivity contribution in [3.05, 3.63) is 42.0 Å². The third kappa shape index (κ3) is 1.51. The lowest BCUT2D eigenvalue weighted by Crippen LogP contribution is -2.53. The molecule has 1 saturated heterocycles. The SMILES string of the molecule is C1=CC[C@H]2[C@H](C1)CO[C@H]1c3ccccc3OCN12. The van der Waals surface area contributed by atoms with Crippen LogP contribution in [0.4, 0.5) is 0 Å². The molecule has 3 atom stereocenters. The van der Waals surface area contributed by atoms with E-state index in [1.807, 2.05) is 12.1 Å². The predicted octanol–water partition coefficient (Wildman–Crippen LogP) is 2.70. The van der Waals surface area contributed by atoms with Gasteiger partial charge in [-0.05, 0) is 18.9 Å². The van der Waals surface area contributed by atoms with Gasteiger partial charge in [-0.15, -0.1) is 0 Å². The standard InChI is InChI=1S/C15H17NO2/c1-3-7-13-11(5-1)9-17-15-12-6-2-4-8-14(12)18-10-16(13)15/h1-4,6,8,11,13,15H,5,7,9-10H2/t11-,13+,15+/m1/s1. The lowest BCUT2D eigenvalue weighted by Gasteiger charge is -2.48. The molecule has 3 heteroatoms. The largest absolute Gasteiger partial charge is 0.478 e. The van der Waals surface area contributed by atoms with E-state index >= 15 is 0 Å². The number of hydrogen-bond acceptors (Lipinski definition) is 3. The number of fused-ring (bicyclic) bond motifs is 5. The highest BCUT2D eigenvalue weighted by Gasteiger charge is 2.41. The fraction of sp³-hybridized carbons (Fsp3) is 0.467. The van der Waals surface area contributed by atoms with Crippen LogP contribution in [0.25, 0.3) is 0 Å². The Labute approximate surface area is 107 Å². The van der Waals surface area contributed by atoms with Crippen LogP contribution in [0.2, 0.25) is 0 Å². The van der Waals surface area contributed by atoms with Crippen LogP contribution in [0, 0.1) is 5.92 Å². The lowest BCUT2D eigenvalue weighted by molar-refractivity contribution is -0.185. The lowest BCUT2D eigenvalue weighted by atomic mass is 9.86. The van der Waals surface area contributed by atoms with Crippen molar-refractivity contribution in [2.75, 3.05) is 13.3 Å². The van der Waals surface area contributed by atoms with Gasteiger partial charge in [-0.25, -0.2) is 4.90 Å². The molecule has 94 valence electrons. The van der Waals surface area contributed by atoms with Gasteiger partial charge in [-0.1, -0.05) is 30.4 Å². The number of allylic oxidation sites excluding steroid dienone is 1. The van der Waals surface area contributed by atoms with Gasteiger partial charge < -0.3 is 9.47 Å². The molecular weight excluding hydrogens is 226 g/mol. The fourth-order valence-electron chi connectivity index (χ4n) is 3.32. The van der Waals surface area contributed by atoms with Gasteiger partial charge in [0.25, 0.3) is 0 Å². The molecule has 2 heterocycles. The predicted molar refractivity (Wildman–Crippen MR) is 68.1 cm³/mol. The molecule has 0 saturated carbocycles. The van der Waals surface area contributed by atoms with E-state index in [1.54, 1.807) is 0 Å². The van der Waals surface area contributed by atoms with Crippen molar-refractivity contribution in [2.45, 2.75) is 25.1 Å². The summed E-state index contributed by atoms with van der Waals surface area (Å²) in [5, 5.41) is 0. The Kier molecular flexibility index (Phi) is 2.42. The van der Waals surface area contributed by atoms with Crippen molar-refractivity contribution in [1.29, 1.82) is 0 Å². The highest BCUT2D eigenvalue weighted by Crippen LogP contribution is 2.42. The summed E-state index contributed by atoms with van der Waals surface area (Å²) in [5.74, 6) is 1.60. The van der Waals surface area contributed by atoms with Crippen LogP contribution in [-0.4, -0.2) is 24.3 Å². The summed E-state index contributed by atoms with van der Waals surface area (Å²) < 4.78 is 12.0. The minimum absolute atomic E-state index is 0.0858. The summed E-state index contributed by atoms with van der Waals surface area (Å²) in [6.07, 6.45) is 6.92. The van der Waals surface area contributed by atoms with E-state index in [0.717, 1.165) is 25.2 Å². The number of benzene rings is 1. The van der Waals surface area contributed by atoms with E-state index in [9.17, 15) is 0 Å². The second kappa shape index (κ2) is 4.11. The first kappa shape index (κ1) is 10.6. The van der Waals surface area contributed by atoms with Crippen molar-refractivity contribution in [3.8, 4) is 5.75 Å². The van der Waals surface area contributed by atoms with Crippen LogP contribution in [-0.2, 0) is 4.74 Å². The summed E-state index contributed by atoms with van der Waals surface area (Å²) in [6.45, 7) is 1.52. The molecular formula is C15H17NO2. The second-order valence-electron chi connectivity index (χ2n) is 5.28. The Morgan fingerprint density at radius 3 is 3.00 bits per heavy atom. The molecule has 0 unspecified atom stereocenters. The Balaban J connectivity index is 1.70. The minimum atomic E-state index is 0.0858. The summed E-state index contributed by atoms with van der Waals surface area (Å²) in [4.78, 5) is 2.38. The number of ether oxygens (including phenoxy) is 2. The van der Waals surface area contributed by atoms with Crippen molar-refractivity contribution in [1.82, 2.24) is 4.90 Å². The van der Waals surface area contributed by atoms with Gasteiger partial charge in [0.2, 0.25) is 0 Å². The zero-order valence-electron chi connectivity index (χ0n) is 10.3. The molecule has 1 aromatic carbocycles. The van der Waals surface area contributed by atoms with Crippen LogP contribution in [0.15, 0.2) is 36.4 Å². The quantitative estimate of drug-likeness (QED) is 0.654. The van der Waals surface area contributed by atoms with Gasteiger partial charge in [0.1, 0.15) is 18.7 Å². The maximum Gasteiger partial charge on any atom is 0.144 e. The zero-order chi connectivity index (χ0) is 11.9. The Morgan fingerprint density at radius 2 is 2.00 bits per heavy atom. The smallest absolute Gasteiger partial charge is 0.144 e. The number of rotatable bonds is 0. The van der Waals surface area contributed by atoms with E-state index in [4.69, 9.17) is 9.47 Å². The first-order valence-corrected chi connectivity index (χ1v) is 6.67. The first-order valence-electron chi connectivity index (χ1n) is 6.67. The van der Waals surface area contributed by atoms with Gasteiger partial charge in [-0.2, -0.15) is 0 Å². The van der Waals surface area contributed by atoms with Crippen molar-refractivity contribution < 1.29 is 9.47 Å². The molecule has 0 aromatic heterocycles. The molecule has 0 bridgehead atoms. The maximum absolute atomic E-state index is 6.09. The normalized spacial score (nSPS) is 34.1. The highest BCUT2D eigenvalue weighted by molar-refractivity contribution is 5.36. The van der Waals surface area contributed by atoms with Crippen LogP contribution < -0.4 is 4.74 Å². The summed E-state index contributed by atoms with van der Waals surface area (Å²) in [6, 6.07) is 8.79. The van der Waals surface area contributed by atoms with E-state index < -0.39 is 0 Å². The van der Waals surface area contributed by atoms with Crippen LogP contribution in [0.1, 0.15) is 24.6 Å². The van der Waals surface area contributed by atoms with E-state index in [0.29, 0.717) is 18.7 Å². The molecule has 1 aromatic rings. The molecule has 1 fully saturated rings. The minimum Gasteiger partial charge on any atom is -0.478 e. The number of hydrogen-bond donors (Lipinski definition) is 0. The third-order valence-corrected chi connectivity index (χ3v) is 4.28. The zero-order valence-corrected chi connectivity index (χ0v) is 10.3. The molecule has 18 heavy (non-hydrogen) atoms. The molecule has 4 rings (SSSR count). The highest BCUT2D eigenvalue weighted by atomic mass is 16.5. The van der Waals surface area contributed by atoms with Gasteiger partial charge in [-0.3, -0.25) is 0 Å². The van der Waals surface area contributed by atoms with Crippen molar-refractivity contribution in [2.24, 2.45) is 5.92 Å². The first-order chi connectivity index (χ1) is 8.93. The fourth-order valence-corrected chi connectivity index (χ4v) is 3.32. The summed E-state index contributed by atoms with van der Waals surface area (Å²) in [7, 11) is 0. The molecule has 0 amide bonds. The van der Waals surface area contributed by atoms with Gasteiger partial charge >= 0.3 is 0 Å². The average molecular weight is 243 g/mol. The molecule has 2 aliphatic heterocycles. The monoisotopic (exact) mass is 243 g/mol. The molecule has 1 aliphatic carbocycles. The molecule has 0 N–H and O–H groups in total. The van der Waals surface area contributed by atoms with E-state index in [2.05, 4.69) is 29.2 Å². The van der Waals surface area contributed by atoms with Gasteiger partial charge in [0.05, 0.1) is 6.61 Å². The third-order valence-electron chi connectivity index (χ3n) is 4.28.